The van der Waals surface area contributed by atoms with E-state index in [0.717, 1.165) is 4.47 Å². The second-order valence-corrected chi connectivity index (χ2v) is 3.76. The largest absolute Gasteiger partial charge is 0.122 e. The predicted molar refractivity (Wildman–Crippen MR) is 57.0 cm³/mol. The molecule has 1 heteroatoms. The van der Waals surface area contributed by atoms with Crippen LogP contribution in [0.1, 0.15) is 19.4 Å². The number of benzene rings is 1. The summed E-state index contributed by atoms with van der Waals surface area (Å²) in [6.07, 6.45) is 1.99. The number of hydrogen-bond donors (Lipinski definition) is 0. The molecule has 0 heterocycles. The van der Waals surface area contributed by atoms with E-state index in [1.807, 2.05) is 32.1 Å². The summed E-state index contributed by atoms with van der Waals surface area (Å²) in [4.78, 5) is 0. The van der Waals surface area contributed by atoms with E-state index in [4.69, 9.17) is 0 Å². The zero-order valence-electron chi connectivity index (χ0n) is 7.26. The van der Waals surface area contributed by atoms with Gasteiger partial charge in [0.15, 0.2) is 0 Å². The summed E-state index contributed by atoms with van der Waals surface area (Å²) in [6, 6.07) is 8.16. The lowest BCUT2D eigenvalue weighted by Crippen LogP contribution is -1.69. The molecule has 0 saturated carbocycles. The van der Waals surface area contributed by atoms with Crippen LogP contribution in [0.3, 0.4) is 0 Å². The van der Waals surface area contributed by atoms with Gasteiger partial charge in [-0.05, 0) is 43.2 Å². The van der Waals surface area contributed by atoms with Crippen LogP contribution in [0.15, 0.2) is 40.0 Å². The molecule has 0 aliphatic rings. The second-order valence-electron chi connectivity index (χ2n) is 2.84. The molecule has 0 aromatic heterocycles. The third-order valence-electron chi connectivity index (χ3n) is 1.40. The van der Waals surface area contributed by atoms with Crippen molar-refractivity contribution < 1.29 is 0 Å². The summed E-state index contributed by atoms with van der Waals surface area (Å²) in [5, 5.41) is 0. The molecule has 0 saturated heterocycles. The summed E-state index contributed by atoms with van der Waals surface area (Å²) in [5.74, 6) is 0. The molecule has 0 spiro atoms. The van der Waals surface area contributed by atoms with Crippen LogP contribution in [-0.4, -0.2) is 0 Å². The second kappa shape index (κ2) is 4.30. The highest BCUT2D eigenvalue weighted by atomic mass is 79.9. The smallest absolute Gasteiger partial charge is 0.0175 e. The fourth-order valence-corrected chi connectivity index (χ4v) is 1.05. The van der Waals surface area contributed by atoms with Crippen molar-refractivity contribution in [3.63, 3.8) is 0 Å². The van der Waals surface area contributed by atoms with E-state index in [1.165, 1.54) is 11.1 Å². The highest BCUT2D eigenvalue weighted by molar-refractivity contribution is 9.10. The molecule has 0 fully saturated rings. The first-order chi connectivity index (χ1) is 5.68. The fraction of sp³-hybridized carbons (Fsp3) is 0.182. The van der Waals surface area contributed by atoms with Gasteiger partial charge in [0.25, 0.3) is 0 Å². The highest BCUT2D eigenvalue weighted by Crippen LogP contribution is 2.11. The molecule has 0 amide bonds. The summed E-state index contributed by atoms with van der Waals surface area (Å²) < 4.78 is 1.11. The van der Waals surface area contributed by atoms with Crippen molar-refractivity contribution in [2.45, 2.75) is 13.8 Å². The highest BCUT2D eigenvalue weighted by Gasteiger charge is 1.85. The first kappa shape index (κ1) is 9.31. The first-order valence-electron chi connectivity index (χ1n) is 3.84. The standard InChI is InChI=1S/C11H11Br/c1-9(2)3-4-10-5-7-11(12)8-6-10/h4-8H,1-2H3. The Morgan fingerprint density at radius 3 is 2.33 bits per heavy atom. The van der Waals surface area contributed by atoms with Crippen LogP contribution >= 0.6 is 15.9 Å². The number of halogens is 1. The minimum Gasteiger partial charge on any atom is -0.122 e. The normalized spacial score (nSPS) is 8.92. The Morgan fingerprint density at radius 2 is 1.83 bits per heavy atom. The Morgan fingerprint density at radius 1 is 1.25 bits per heavy atom. The minimum absolute atomic E-state index is 1.11. The maximum absolute atomic E-state index is 3.39. The van der Waals surface area contributed by atoms with Crippen LogP contribution in [0, 0.1) is 0 Å². The molecule has 0 unspecified atom stereocenters. The van der Waals surface area contributed by atoms with Gasteiger partial charge >= 0.3 is 0 Å². The van der Waals surface area contributed by atoms with E-state index in [-0.39, 0.29) is 0 Å². The first-order valence-corrected chi connectivity index (χ1v) is 4.63. The van der Waals surface area contributed by atoms with Crippen molar-refractivity contribution in [2.75, 3.05) is 0 Å². The molecular weight excluding hydrogens is 212 g/mol. The molecule has 12 heavy (non-hydrogen) atoms. The molecule has 0 N–H and O–H groups in total. The van der Waals surface area contributed by atoms with E-state index in [2.05, 4.69) is 33.8 Å². The van der Waals surface area contributed by atoms with Gasteiger partial charge in [-0.15, -0.1) is 5.73 Å². The molecule has 0 atom stereocenters. The molecule has 0 nitrogen and oxygen atoms in total. The number of rotatable bonds is 1. The Labute approximate surface area is 81.7 Å². The van der Waals surface area contributed by atoms with Gasteiger partial charge in [-0.1, -0.05) is 28.1 Å². The number of hydrogen-bond acceptors (Lipinski definition) is 0. The SMILES string of the molecule is CC(C)=C=Cc1ccc(Br)cc1. The maximum atomic E-state index is 3.39. The molecule has 1 aromatic rings. The van der Waals surface area contributed by atoms with E-state index in [9.17, 15) is 0 Å². The Balaban J connectivity index is 2.92. The molecular formula is C11H11Br. The Hall–Kier alpha value is -0.780. The molecule has 0 aliphatic heterocycles. The van der Waals surface area contributed by atoms with E-state index in [0.29, 0.717) is 0 Å². The third kappa shape index (κ3) is 3.08. The van der Waals surface area contributed by atoms with Crippen LogP contribution < -0.4 is 0 Å². The quantitative estimate of drug-likeness (QED) is 0.630. The summed E-state index contributed by atoms with van der Waals surface area (Å²) >= 11 is 3.39. The minimum atomic E-state index is 1.11. The van der Waals surface area contributed by atoms with Gasteiger partial charge in [-0.3, -0.25) is 0 Å². The zero-order chi connectivity index (χ0) is 8.97. The van der Waals surface area contributed by atoms with Gasteiger partial charge in [0.05, 0.1) is 0 Å². The van der Waals surface area contributed by atoms with E-state index >= 15 is 0 Å². The number of allylic oxidation sites excluding steroid dienone is 1. The lowest BCUT2D eigenvalue weighted by Gasteiger charge is -1.90. The van der Waals surface area contributed by atoms with Gasteiger partial charge in [0.2, 0.25) is 0 Å². The van der Waals surface area contributed by atoms with Crippen LogP contribution in [0.5, 0.6) is 0 Å². The van der Waals surface area contributed by atoms with Crippen LogP contribution in [0.4, 0.5) is 0 Å². The van der Waals surface area contributed by atoms with Crippen LogP contribution in [-0.2, 0) is 0 Å². The summed E-state index contributed by atoms with van der Waals surface area (Å²) in [5.41, 5.74) is 5.53. The van der Waals surface area contributed by atoms with Gasteiger partial charge in [-0.2, -0.15) is 0 Å². The molecule has 1 rings (SSSR count). The molecule has 62 valence electrons. The molecule has 0 bridgehead atoms. The van der Waals surface area contributed by atoms with Crippen molar-refractivity contribution in [1.29, 1.82) is 0 Å². The molecule has 0 aliphatic carbocycles. The van der Waals surface area contributed by atoms with Gasteiger partial charge in [-0.25, -0.2) is 0 Å². The third-order valence-corrected chi connectivity index (χ3v) is 1.93. The summed E-state index contributed by atoms with van der Waals surface area (Å²) in [7, 11) is 0. The van der Waals surface area contributed by atoms with Crippen molar-refractivity contribution >= 4 is 22.0 Å². The van der Waals surface area contributed by atoms with Crippen LogP contribution in [0.2, 0.25) is 0 Å². The van der Waals surface area contributed by atoms with Crippen LogP contribution in [0.25, 0.3) is 6.08 Å². The van der Waals surface area contributed by atoms with Gasteiger partial charge < -0.3 is 0 Å². The predicted octanol–water partition coefficient (Wildman–Crippen LogP) is 4.03. The van der Waals surface area contributed by atoms with Crippen molar-refractivity contribution in [2.24, 2.45) is 0 Å². The topological polar surface area (TPSA) is 0 Å². The zero-order valence-corrected chi connectivity index (χ0v) is 8.85. The maximum Gasteiger partial charge on any atom is 0.0175 e. The fourth-order valence-electron chi connectivity index (χ4n) is 0.787. The van der Waals surface area contributed by atoms with Gasteiger partial charge in [0, 0.05) is 4.47 Å². The van der Waals surface area contributed by atoms with Crippen molar-refractivity contribution in [3.8, 4) is 0 Å². The monoisotopic (exact) mass is 222 g/mol. The average molecular weight is 223 g/mol. The van der Waals surface area contributed by atoms with Crippen molar-refractivity contribution in [3.05, 3.63) is 45.6 Å². The molecule has 0 radical (unpaired) electrons. The van der Waals surface area contributed by atoms with E-state index in [1.54, 1.807) is 0 Å². The average Bonchev–Trinajstić information content (AvgIpc) is 2.03. The summed E-state index contributed by atoms with van der Waals surface area (Å²) in [6.45, 7) is 4.07. The lowest BCUT2D eigenvalue weighted by molar-refractivity contribution is 1.41. The van der Waals surface area contributed by atoms with E-state index < -0.39 is 0 Å². The van der Waals surface area contributed by atoms with Gasteiger partial charge in [0.1, 0.15) is 0 Å². The Bertz CT molecular complexity index is 309. The van der Waals surface area contributed by atoms with Crippen molar-refractivity contribution in [1.82, 2.24) is 0 Å². The Kier molecular flexibility index (Phi) is 3.33. The lowest BCUT2D eigenvalue weighted by atomic mass is 10.2. The molecule has 1 aromatic carbocycles.